The van der Waals surface area contributed by atoms with Crippen LogP contribution in [0.15, 0.2) is 47.4 Å². The van der Waals surface area contributed by atoms with Gasteiger partial charge >= 0.3 is 0 Å². The Labute approximate surface area is 193 Å². The van der Waals surface area contributed by atoms with Gasteiger partial charge in [0, 0.05) is 43.7 Å². The maximum absolute atomic E-state index is 13.1. The van der Waals surface area contributed by atoms with Crippen molar-refractivity contribution < 1.29 is 18.0 Å². The second kappa shape index (κ2) is 9.21. The van der Waals surface area contributed by atoms with Crippen LogP contribution in [0, 0.1) is 0 Å². The Hall–Kier alpha value is -2.42. The Bertz CT molecular complexity index is 1150. The summed E-state index contributed by atoms with van der Waals surface area (Å²) < 4.78 is 27.6. The van der Waals surface area contributed by atoms with Gasteiger partial charge < -0.3 is 5.32 Å². The molecule has 0 radical (unpaired) electrons. The Morgan fingerprint density at radius 1 is 1.09 bits per heavy atom. The highest BCUT2D eigenvalue weighted by Gasteiger charge is 2.38. The highest BCUT2D eigenvalue weighted by atomic mass is 35.5. The molecule has 170 valence electrons. The molecule has 9 heteroatoms. The van der Waals surface area contributed by atoms with Crippen molar-refractivity contribution in [1.82, 2.24) is 9.62 Å². The quantitative estimate of drug-likeness (QED) is 0.719. The number of amides is 2. The summed E-state index contributed by atoms with van der Waals surface area (Å²) in [4.78, 5) is 27.0. The van der Waals surface area contributed by atoms with Gasteiger partial charge in [-0.1, -0.05) is 30.2 Å². The van der Waals surface area contributed by atoms with Crippen LogP contribution in [0.2, 0.25) is 5.02 Å². The van der Waals surface area contributed by atoms with Crippen LogP contribution in [0.25, 0.3) is 0 Å². The van der Waals surface area contributed by atoms with E-state index in [2.05, 4.69) is 5.32 Å². The van der Waals surface area contributed by atoms with Crippen molar-refractivity contribution in [1.29, 1.82) is 0 Å². The molecule has 1 unspecified atom stereocenters. The summed E-state index contributed by atoms with van der Waals surface area (Å²) in [7, 11) is -3.59. The van der Waals surface area contributed by atoms with Crippen molar-refractivity contribution >= 4 is 39.1 Å². The van der Waals surface area contributed by atoms with Gasteiger partial charge in [-0.25, -0.2) is 8.42 Å². The molecule has 2 aliphatic rings. The van der Waals surface area contributed by atoms with Crippen LogP contribution in [0.5, 0.6) is 0 Å². The van der Waals surface area contributed by atoms with Gasteiger partial charge in [0.1, 0.15) is 6.04 Å². The van der Waals surface area contributed by atoms with Crippen LogP contribution in [-0.2, 0) is 32.6 Å². The predicted molar refractivity (Wildman–Crippen MR) is 123 cm³/mol. The molecule has 0 aliphatic carbocycles. The van der Waals surface area contributed by atoms with Crippen molar-refractivity contribution in [2.75, 3.05) is 18.0 Å². The minimum absolute atomic E-state index is 0.210. The summed E-state index contributed by atoms with van der Waals surface area (Å²) in [5.74, 6) is -0.560. The van der Waals surface area contributed by atoms with E-state index in [1.807, 2.05) is 6.07 Å². The topological polar surface area (TPSA) is 86.8 Å². The zero-order chi connectivity index (χ0) is 22.9. The van der Waals surface area contributed by atoms with Crippen LogP contribution >= 0.6 is 11.6 Å². The zero-order valence-electron chi connectivity index (χ0n) is 17.9. The Morgan fingerprint density at radius 2 is 1.84 bits per heavy atom. The molecular weight excluding hydrogens is 450 g/mol. The Balaban J connectivity index is 1.55. The molecule has 2 aliphatic heterocycles. The SMILES string of the molecule is CC(=O)N1c2ccc(S(=O)(=O)N3CCCCC3)cc2CC1C(=O)NCc1cccc(Cl)c1. The minimum atomic E-state index is -3.59. The molecule has 1 fully saturated rings. The van der Waals surface area contributed by atoms with Crippen molar-refractivity contribution in [3.05, 3.63) is 58.6 Å². The monoisotopic (exact) mass is 475 g/mol. The number of rotatable bonds is 5. The molecule has 2 heterocycles. The number of carbonyl (C=O) groups is 2. The third kappa shape index (κ3) is 4.53. The van der Waals surface area contributed by atoms with E-state index in [9.17, 15) is 18.0 Å². The average molecular weight is 476 g/mol. The molecule has 0 spiro atoms. The van der Waals surface area contributed by atoms with E-state index in [1.54, 1.807) is 30.3 Å². The standard InChI is InChI=1S/C23H26ClN3O4S/c1-16(28)27-21-9-8-20(32(30,31)26-10-3-2-4-11-26)13-18(21)14-22(27)23(29)25-15-17-6-5-7-19(24)12-17/h5-9,12-13,22H,2-4,10-11,14-15H2,1H3,(H,25,29). The summed E-state index contributed by atoms with van der Waals surface area (Å²) in [6, 6.07) is 11.2. The molecule has 1 saturated heterocycles. The first-order valence-corrected chi connectivity index (χ1v) is 12.5. The minimum Gasteiger partial charge on any atom is -0.350 e. The highest BCUT2D eigenvalue weighted by molar-refractivity contribution is 7.89. The van der Waals surface area contributed by atoms with E-state index in [0.29, 0.717) is 29.4 Å². The van der Waals surface area contributed by atoms with Crippen molar-refractivity contribution in [2.45, 2.75) is 50.1 Å². The first-order valence-electron chi connectivity index (χ1n) is 10.7. The third-order valence-electron chi connectivity index (χ3n) is 5.99. The molecule has 2 aromatic rings. The molecule has 4 rings (SSSR count). The summed E-state index contributed by atoms with van der Waals surface area (Å²) in [6.45, 7) is 2.73. The van der Waals surface area contributed by atoms with Gasteiger partial charge in [0.2, 0.25) is 21.8 Å². The smallest absolute Gasteiger partial charge is 0.243 e. The number of nitrogens with one attached hydrogen (secondary N) is 1. The number of nitrogens with zero attached hydrogens (tertiary/aromatic N) is 2. The van der Waals surface area contributed by atoms with E-state index >= 15 is 0 Å². The molecule has 0 bridgehead atoms. The lowest BCUT2D eigenvalue weighted by atomic mass is 10.1. The van der Waals surface area contributed by atoms with E-state index in [4.69, 9.17) is 11.6 Å². The first-order chi connectivity index (χ1) is 15.3. The van der Waals surface area contributed by atoms with E-state index in [0.717, 1.165) is 24.8 Å². The normalized spacial score (nSPS) is 18.9. The Kier molecular flexibility index (Phi) is 6.55. The van der Waals surface area contributed by atoms with Gasteiger partial charge in [0.15, 0.2) is 0 Å². The van der Waals surface area contributed by atoms with Crippen molar-refractivity contribution in [3.8, 4) is 0 Å². The molecule has 2 aromatic carbocycles. The predicted octanol–water partition coefficient (Wildman–Crippen LogP) is 3.11. The van der Waals surface area contributed by atoms with Crippen molar-refractivity contribution in [2.24, 2.45) is 0 Å². The van der Waals surface area contributed by atoms with Crippen LogP contribution in [-0.4, -0.2) is 43.7 Å². The number of benzene rings is 2. The molecule has 2 amide bonds. The number of fused-ring (bicyclic) bond motifs is 1. The molecule has 32 heavy (non-hydrogen) atoms. The lowest BCUT2D eigenvalue weighted by molar-refractivity contribution is -0.125. The first kappa shape index (κ1) is 22.8. The fraction of sp³-hybridized carbons (Fsp3) is 0.391. The summed E-state index contributed by atoms with van der Waals surface area (Å²) in [5.41, 5.74) is 2.12. The second-order valence-corrected chi connectivity index (χ2v) is 10.6. The average Bonchev–Trinajstić information content (AvgIpc) is 3.17. The summed E-state index contributed by atoms with van der Waals surface area (Å²) in [5, 5.41) is 3.45. The maximum Gasteiger partial charge on any atom is 0.243 e. The Morgan fingerprint density at radius 3 is 2.53 bits per heavy atom. The van der Waals surface area contributed by atoms with E-state index < -0.39 is 16.1 Å². The van der Waals surface area contributed by atoms with Crippen LogP contribution < -0.4 is 10.2 Å². The van der Waals surface area contributed by atoms with Crippen LogP contribution in [0.4, 0.5) is 5.69 Å². The fourth-order valence-electron chi connectivity index (χ4n) is 4.40. The number of hydrogen-bond acceptors (Lipinski definition) is 4. The zero-order valence-corrected chi connectivity index (χ0v) is 19.5. The maximum atomic E-state index is 13.1. The van der Waals surface area contributed by atoms with E-state index in [1.165, 1.54) is 22.2 Å². The van der Waals surface area contributed by atoms with Crippen LogP contribution in [0.1, 0.15) is 37.3 Å². The molecule has 1 N–H and O–H groups in total. The molecule has 0 aromatic heterocycles. The second-order valence-electron chi connectivity index (χ2n) is 8.21. The van der Waals surface area contributed by atoms with Gasteiger partial charge in [-0.05, 0) is 54.3 Å². The number of halogens is 1. The van der Waals surface area contributed by atoms with Gasteiger partial charge in [0.05, 0.1) is 4.90 Å². The lowest BCUT2D eigenvalue weighted by Gasteiger charge is -2.26. The number of piperidine rings is 1. The number of sulfonamides is 1. The lowest BCUT2D eigenvalue weighted by Crippen LogP contribution is -2.47. The summed E-state index contributed by atoms with van der Waals surface area (Å²) in [6.07, 6.45) is 3.02. The molecule has 7 nitrogen and oxygen atoms in total. The van der Waals surface area contributed by atoms with Gasteiger partial charge in [-0.2, -0.15) is 4.31 Å². The van der Waals surface area contributed by atoms with Gasteiger partial charge in [0.25, 0.3) is 0 Å². The third-order valence-corrected chi connectivity index (χ3v) is 8.12. The largest absolute Gasteiger partial charge is 0.350 e. The van der Waals surface area contributed by atoms with Crippen molar-refractivity contribution in [3.63, 3.8) is 0 Å². The van der Waals surface area contributed by atoms with Gasteiger partial charge in [-0.15, -0.1) is 0 Å². The van der Waals surface area contributed by atoms with E-state index in [-0.39, 0.29) is 29.7 Å². The molecule has 1 atom stereocenters. The van der Waals surface area contributed by atoms with Crippen LogP contribution in [0.3, 0.4) is 0 Å². The highest BCUT2D eigenvalue weighted by Crippen LogP contribution is 2.35. The molecular formula is C23H26ClN3O4S. The molecule has 0 saturated carbocycles. The number of anilines is 1. The van der Waals surface area contributed by atoms with Gasteiger partial charge in [-0.3, -0.25) is 14.5 Å². The number of carbonyl (C=O) groups excluding carboxylic acids is 2. The summed E-state index contributed by atoms with van der Waals surface area (Å²) >= 11 is 6.00. The fourth-order valence-corrected chi connectivity index (χ4v) is 6.18. The number of hydrogen-bond donors (Lipinski definition) is 1.